The molecule has 1 rings (SSSR count). The maximum atomic E-state index is 11.9. The number of carbonyl (C=O) groups is 1. The molecule has 0 spiro atoms. The second-order valence-electron chi connectivity index (χ2n) is 5.09. The third kappa shape index (κ3) is 4.81. The summed E-state index contributed by atoms with van der Waals surface area (Å²) in [5.74, 6) is 0.125. The molecule has 0 aromatic heterocycles. The van der Waals surface area contributed by atoms with E-state index in [1.807, 2.05) is 6.07 Å². The summed E-state index contributed by atoms with van der Waals surface area (Å²) in [4.78, 5) is 11.9. The Morgan fingerprint density at radius 1 is 1.44 bits per heavy atom. The van der Waals surface area contributed by atoms with Crippen molar-refractivity contribution in [1.82, 2.24) is 5.32 Å². The monoisotopic (exact) mass is 311 g/mol. The Bertz CT molecular complexity index is 399. The third-order valence-electron chi connectivity index (χ3n) is 3.24. The maximum Gasteiger partial charge on any atom is 0.220 e. The molecule has 3 heteroatoms. The van der Waals surface area contributed by atoms with Crippen LogP contribution in [-0.4, -0.2) is 16.8 Å². The number of benzene rings is 1. The Kier molecular flexibility index (Phi) is 5.86. The predicted molar refractivity (Wildman–Crippen MR) is 80.1 cm³/mol. The van der Waals surface area contributed by atoms with E-state index in [1.165, 1.54) is 11.1 Å². The fourth-order valence-electron chi connectivity index (χ4n) is 1.74. The van der Waals surface area contributed by atoms with Gasteiger partial charge in [-0.25, -0.2) is 0 Å². The molecule has 0 aliphatic carbocycles. The predicted octanol–water partition coefficient (Wildman–Crippen LogP) is 3.61. The highest BCUT2D eigenvalue weighted by atomic mass is 79.9. The zero-order chi connectivity index (χ0) is 13.6. The van der Waals surface area contributed by atoms with Gasteiger partial charge in [-0.05, 0) is 32.3 Å². The molecule has 18 heavy (non-hydrogen) atoms. The molecule has 0 radical (unpaired) electrons. The summed E-state index contributed by atoms with van der Waals surface area (Å²) >= 11 is 3.45. The lowest BCUT2D eigenvalue weighted by atomic mass is 10.0. The molecule has 0 aliphatic heterocycles. The smallest absolute Gasteiger partial charge is 0.220 e. The number of nitrogens with one attached hydrogen (secondary N) is 1. The van der Waals surface area contributed by atoms with Crippen molar-refractivity contribution in [2.45, 2.75) is 45.6 Å². The van der Waals surface area contributed by atoms with Crippen molar-refractivity contribution < 1.29 is 4.79 Å². The van der Waals surface area contributed by atoms with Crippen LogP contribution in [0.1, 0.15) is 37.8 Å². The van der Waals surface area contributed by atoms with Crippen molar-refractivity contribution in [2.75, 3.05) is 5.33 Å². The minimum Gasteiger partial charge on any atom is -0.350 e. The van der Waals surface area contributed by atoms with E-state index in [-0.39, 0.29) is 11.4 Å². The number of hydrogen-bond acceptors (Lipinski definition) is 1. The number of aryl methyl sites for hydroxylation is 2. The lowest BCUT2D eigenvalue weighted by Gasteiger charge is -2.27. The molecule has 1 N–H and O–H groups in total. The van der Waals surface area contributed by atoms with Gasteiger partial charge in [0.15, 0.2) is 0 Å². The van der Waals surface area contributed by atoms with Crippen LogP contribution in [0.2, 0.25) is 0 Å². The van der Waals surface area contributed by atoms with Crippen LogP contribution in [0.25, 0.3) is 0 Å². The number of rotatable bonds is 6. The summed E-state index contributed by atoms with van der Waals surface area (Å²) in [6.45, 7) is 6.22. The fourth-order valence-corrected chi connectivity index (χ4v) is 2.28. The quantitative estimate of drug-likeness (QED) is 0.799. The Morgan fingerprint density at radius 3 is 2.72 bits per heavy atom. The molecule has 1 amide bonds. The highest BCUT2D eigenvalue weighted by Crippen LogP contribution is 2.13. The molecule has 1 atom stereocenters. The van der Waals surface area contributed by atoms with Crippen molar-refractivity contribution in [3.05, 3.63) is 35.4 Å². The second-order valence-corrected chi connectivity index (χ2v) is 5.65. The minimum absolute atomic E-state index is 0.125. The van der Waals surface area contributed by atoms with E-state index in [2.05, 4.69) is 60.2 Å². The summed E-state index contributed by atoms with van der Waals surface area (Å²) in [5, 5.41) is 3.88. The average Bonchev–Trinajstić information content (AvgIpc) is 2.36. The van der Waals surface area contributed by atoms with Gasteiger partial charge in [0.2, 0.25) is 5.91 Å². The molecule has 0 heterocycles. The summed E-state index contributed by atoms with van der Waals surface area (Å²) in [6, 6.07) is 8.32. The van der Waals surface area contributed by atoms with E-state index >= 15 is 0 Å². The van der Waals surface area contributed by atoms with E-state index in [4.69, 9.17) is 0 Å². The Hall–Kier alpha value is -0.830. The van der Waals surface area contributed by atoms with Gasteiger partial charge < -0.3 is 5.32 Å². The summed E-state index contributed by atoms with van der Waals surface area (Å²) in [7, 11) is 0. The highest BCUT2D eigenvalue weighted by Gasteiger charge is 2.22. The maximum absolute atomic E-state index is 11.9. The summed E-state index contributed by atoms with van der Waals surface area (Å²) < 4.78 is 0. The van der Waals surface area contributed by atoms with E-state index in [9.17, 15) is 4.79 Å². The Balaban J connectivity index is 2.47. The molecular formula is C15H22BrNO. The topological polar surface area (TPSA) is 29.1 Å². The number of hydrogen-bond donors (Lipinski definition) is 1. The first kappa shape index (κ1) is 15.2. The summed E-state index contributed by atoms with van der Waals surface area (Å²) in [5.41, 5.74) is 2.33. The van der Waals surface area contributed by atoms with Gasteiger partial charge in [0.1, 0.15) is 0 Å². The Morgan fingerprint density at radius 2 is 2.17 bits per heavy atom. The van der Waals surface area contributed by atoms with E-state index in [0.717, 1.165) is 18.2 Å². The van der Waals surface area contributed by atoms with Gasteiger partial charge in [-0.1, -0.05) is 52.7 Å². The lowest BCUT2D eigenvalue weighted by Crippen LogP contribution is -2.47. The van der Waals surface area contributed by atoms with Crippen LogP contribution >= 0.6 is 15.9 Å². The normalized spacial score (nSPS) is 14.0. The van der Waals surface area contributed by atoms with Gasteiger partial charge in [0, 0.05) is 17.3 Å². The van der Waals surface area contributed by atoms with Crippen molar-refractivity contribution in [1.29, 1.82) is 0 Å². The SMILES string of the molecule is CCC(C)(CBr)NC(=O)CCc1cccc(C)c1. The molecule has 0 saturated heterocycles. The molecule has 100 valence electrons. The number of carbonyl (C=O) groups excluding carboxylic acids is 1. The highest BCUT2D eigenvalue weighted by molar-refractivity contribution is 9.09. The molecule has 0 saturated carbocycles. The number of amides is 1. The lowest BCUT2D eigenvalue weighted by molar-refractivity contribution is -0.122. The molecule has 2 nitrogen and oxygen atoms in total. The molecule has 0 bridgehead atoms. The van der Waals surface area contributed by atoms with Gasteiger partial charge in [0.25, 0.3) is 0 Å². The molecule has 1 unspecified atom stereocenters. The van der Waals surface area contributed by atoms with E-state index < -0.39 is 0 Å². The largest absolute Gasteiger partial charge is 0.350 e. The van der Waals surface area contributed by atoms with Gasteiger partial charge in [-0.2, -0.15) is 0 Å². The van der Waals surface area contributed by atoms with Gasteiger partial charge in [-0.15, -0.1) is 0 Å². The Labute approximate surface area is 118 Å². The third-order valence-corrected chi connectivity index (χ3v) is 4.48. The molecular weight excluding hydrogens is 290 g/mol. The van der Waals surface area contributed by atoms with Crippen LogP contribution in [0.3, 0.4) is 0 Å². The number of alkyl halides is 1. The fraction of sp³-hybridized carbons (Fsp3) is 0.533. The van der Waals surface area contributed by atoms with Crippen LogP contribution in [0, 0.1) is 6.92 Å². The van der Waals surface area contributed by atoms with Crippen molar-refractivity contribution in [3.63, 3.8) is 0 Å². The first-order valence-corrected chi connectivity index (χ1v) is 7.54. The zero-order valence-corrected chi connectivity index (χ0v) is 13.0. The molecule has 0 fully saturated rings. The van der Waals surface area contributed by atoms with Crippen LogP contribution in [-0.2, 0) is 11.2 Å². The van der Waals surface area contributed by atoms with Crippen molar-refractivity contribution >= 4 is 21.8 Å². The van der Waals surface area contributed by atoms with E-state index in [0.29, 0.717) is 6.42 Å². The molecule has 1 aromatic rings. The van der Waals surface area contributed by atoms with Crippen molar-refractivity contribution in [3.8, 4) is 0 Å². The van der Waals surface area contributed by atoms with Crippen LogP contribution < -0.4 is 5.32 Å². The zero-order valence-electron chi connectivity index (χ0n) is 11.4. The van der Waals surface area contributed by atoms with Gasteiger partial charge >= 0.3 is 0 Å². The van der Waals surface area contributed by atoms with Crippen LogP contribution in [0.5, 0.6) is 0 Å². The van der Waals surface area contributed by atoms with Gasteiger partial charge in [0.05, 0.1) is 0 Å². The van der Waals surface area contributed by atoms with Crippen LogP contribution in [0.15, 0.2) is 24.3 Å². The second kappa shape index (κ2) is 6.93. The number of halogens is 1. The van der Waals surface area contributed by atoms with Gasteiger partial charge in [-0.3, -0.25) is 4.79 Å². The molecule has 0 aliphatic rings. The standard InChI is InChI=1S/C15H22BrNO/c1-4-15(3,11-16)17-14(18)9-8-13-7-5-6-12(2)10-13/h5-7,10H,4,8-9,11H2,1-3H3,(H,17,18). The average molecular weight is 312 g/mol. The summed E-state index contributed by atoms with van der Waals surface area (Å²) in [6.07, 6.45) is 2.27. The first-order valence-electron chi connectivity index (χ1n) is 6.41. The van der Waals surface area contributed by atoms with E-state index in [1.54, 1.807) is 0 Å². The van der Waals surface area contributed by atoms with Crippen LogP contribution in [0.4, 0.5) is 0 Å². The van der Waals surface area contributed by atoms with Crippen molar-refractivity contribution in [2.24, 2.45) is 0 Å². The first-order chi connectivity index (χ1) is 8.49. The minimum atomic E-state index is -0.135. The molecule has 1 aromatic carbocycles.